The maximum absolute atomic E-state index is 2.36. The Morgan fingerprint density at radius 3 is 1.56 bits per heavy atom. The van der Waals surface area contributed by atoms with Gasteiger partial charge in [-0.1, -0.05) is 57.0 Å². The van der Waals surface area contributed by atoms with Gasteiger partial charge in [-0.2, -0.15) is 0 Å². The molecule has 0 atom stereocenters. The summed E-state index contributed by atoms with van der Waals surface area (Å²) in [4.78, 5) is 2.36. The number of hydrogen-bond donors (Lipinski definition) is 0. The van der Waals surface area contributed by atoms with Gasteiger partial charge < -0.3 is 4.90 Å². The lowest BCUT2D eigenvalue weighted by atomic mass is 10.4. The first-order valence-corrected chi connectivity index (χ1v) is 10.8. The standard InChI is InChI=1S/C11H25NS4/c1-5-7-13-15-9-11(12(3)4)10-16-14-8-6-2/h11H,5-10H2,1-4H3. The molecule has 16 heavy (non-hydrogen) atoms. The van der Waals surface area contributed by atoms with Crippen LogP contribution in [0.2, 0.25) is 0 Å². The largest absolute Gasteiger partial charge is 0.305 e. The van der Waals surface area contributed by atoms with Crippen molar-refractivity contribution in [2.75, 3.05) is 37.1 Å². The summed E-state index contributed by atoms with van der Waals surface area (Å²) >= 11 is 0. The second-order valence-electron chi connectivity index (χ2n) is 3.83. The van der Waals surface area contributed by atoms with Gasteiger partial charge in [0.05, 0.1) is 0 Å². The minimum Gasteiger partial charge on any atom is -0.305 e. The molecule has 0 aromatic carbocycles. The zero-order valence-electron chi connectivity index (χ0n) is 10.9. The molecule has 0 unspecified atom stereocenters. The third-order valence-electron chi connectivity index (χ3n) is 1.99. The first kappa shape index (κ1) is 17.4. The summed E-state index contributed by atoms with van der Waals surface area (Å²) in [5.74, 6) is 5.06. The molecular weight excluding hydrogens is 274 g/mol. The molecule has 5 heteroatoms. The molecule has 0 aliphatic heterocycles. The molecule has 1 nitrogen and oxygen atoms in total. The van der Waals surface area contributed by atoms with Crippen molar-refractivity contribution in [3.8, 4) is 0 Å². The molecule has 0 aromatic heterocycles. The molecule has 0 aromatic rings. The summed E-state index contributed by atoms with van der Waals surface area (Å²) in [7, 11) is 12.5. The van der Waals surface area contributed by atoms with Crippen molar-refractivity contribution in [1.82, 2.24) is 4.90 Å². The van der Waals surface area contributed by atoms with E-state index < -0.39 is 0 Å². The van der Waals surface area contributed by atoms with Crippen LogP contribution in [0.4, 0.5) is 0 Å². The molecule has 98 valence electrons. The topological polar surface area (TPSA) is 3.24 Å². The van der Waals surface area contributed by atoms with E-state index in [0.29, 0.717) is 6.04 Å². The average Bonchev–Trinajstić information content (AvgIpc) is 2.26. The Labute approximate surface area is 117 Å². The van der Waals surface area contributed by atoms with E-state index in [1.54, 1.807) is 0 Å². The van der Waals surface area contributed by atoms with Crippen LogP contribution < -0.4 is 0 Å². The Hall–Kier alpha value is 1.36. The Balaban J connectivity index is 3.54. The Morgan fingerprint density at radius 1 is 0.812 bits per heavy atom. The monoisotopic (exact) mass is 299 g/mol. The molecular formula is C11H25NS4. The Kier molecular flexibility index (Phi) is 13.9. The number of nitrogens with zero attached hydrogens (tertiary/aromatic N) is 1. The van der Waals surface area contributed by atoms with Crippen LogP contribution in [0.1, 0.15) is 26.7 Å². The number of rotatable bonds is 11. The minimum atomic E-state index is 0.712. The summed E-state index contributed by atoms with van der Waals surface area (Å²) < 4.78 is 0. The van der Waals surface area contributed by atoms with E-state index in [1.807, 2.05) is 43.2 Å². The van der Waals surface area contributed by atoms with Gasteiger partial charge in [-0.15, -0.1) is 0 Å². The molecule has 0 bridgehead atoms. The van der Waals surface area contributed by atoms with Crippen molar-refractivity contribution in [3.05, 3.63) is 0 Å². The second-order valence-corrected chi connectivity index (χ2v) is 9.08. The summed E-state index contributed by atoms with van der Waals surface area (Å²) in [6.07, 6.45) is 2.57. The molecule has 0 spiro atoms. The molecule has 0 rings (SSSR count). The van der Waals surface area contributed by atoms with Crippen LogP contribution in [-0.2, 0) is 0 Å². The molecule has 0 N–H and O–H groups in total. The van der Waals surface area contributed by atoms with Gasteiger partial charge >= 0.3 is 0 Å². The molecule has 0 aliphatic carbocycles. The van der Waals surface area contributed by atoms with E-state index in [2.05, 4.69) is 32.8 Å². The minimum absolute atomic E-state index is 0.712. The molecule has 0 saturated heterocycles. The lowest BCUT2D eigenvalue weighted by molar-refractivity contribution is 0.345. The summed E-state index contributed by atoms with van der Waals surface area (Å²) in [5.41, 5.74) is 0. The van der Waals surface area contributed by atoms with E-state index in [9.17, 15) is 0 Å². The third-order valence-corrected chi connectivity index (χ3v) is 7.33. The highest BCUT2D eigenvalue weighted by Gasteiger charge is 2.11. The van der Waals surface area contributed by atoms with Crippen LogP contribution in [0.15, 0.2) is 0 Å². The van der Waals surface area contributed by atoms with E-state index >= 15 is 0 Å². The van der Waals surface area contributed by atoms with Gasteiger partial charge in [0.1, 0.15) is 0 Å². The Bertz CT molecular complexity index is 132. The van der Waals surface area contributed by atoms with Crippen LogP contribution in [0, 0.1) is 0 Å². The fourth-order valence-electron chi connectivity index (χ4n) is 0.884. The van der Waals surface area contributed by atoms with E-state index in [-0.39, 0.29) is 0 Å². The van der Waals surface area contributed by atoms with Gasteiger partial charge in [-0.05, 0) is 26.9 Å². The van der Waals surface area contributed by atoms with Gasteiger partial charge in [0, 0.05) is 29.1 Å². The second kappa shape index (κ2) is 12.8. The van der Waals surface area contributed by atoms with E-state index in [1.165, 1.54) is 35.9 Å². The molecule has 0 heterocycles. The summed E-state index contributed by atoms with van der Waals surface area (Å²) in [5, 5.41) is 0. The lowest BCUT2D eigenvalue weighted by Crippen LogP contribution is -2.32. The van der Waals surface area contributed by atoms with Crippen molar-refractivity contribution in [2.45, 2.75) is 32.7 Å². The first-order valence-electron chi connectivity index (χ1n) is 5.87. The molecule has 0 fully saturated rings. The lowest BCUT2D eigenvalue weighted by Gasteiger charge is -2.23. The van der Waals surface area contributed by atoms with Crippen molar-refractivity contribution < 1.29 is 0 Å². The van der Waals surface area contributed by atoms with Gasteiger partial charge in [0.2, 0.25) is 0 Å². The SMILES string of the molecule is CCCSSCC(CSSCCC)N(C)C. The van der Waals surface area contributed by atoms with Crippen LogP contribution in [0.5, 0.6) is 0 Å². The van der Waals surface area contributed by atoms with E-state index in [4.69, 9.17) is 0 Å². The van der Waals surface area contributed by atoms with Crippen LogP contribution >= 0.6 is 43.2 Å². The Morgan fingerprint density at radius 2 is 1.25 bits per heavy atom. The maximum atomic E-state index is 2.36. The van der Waals surface area contributed by atoms with Gasteiger partial charge in [0.25, 0.3) is 0 Å². The molecule has 0 aliphatic rings. The normalized spacial score (nSPS) is 11.6. The van der Waals surface area contributed by atoms with Gasteiger partial charge in [-0.3, -0.25) is 0 Å². The molecule has 0 saturated carbocycles. The fourth-order valence-corrected chi connectivity index (χ4v) is 6.17. The average molecular weight is 300 g/mol. The predicted octanol–water partition coefficient (Wildman–Crippen LogP) is 4.50. The fraction of sp³-hybridized carbons (Fsp3) is 1.00. The zero-order valence-corrected chi connectivity index (χ0v) is 14.2. The van der Waals surface area contributed by atoms with Gasteiger partial charge in [-0.25, -0.2) is 0 Å². The van der Waals surface area contributed by atoms with Crippen LogP contribution in [0.25, 0.3) is 0 Å². The zero-order chi connectivity index (χ0) is 12.2. The van der Waals surface area contributed by atoms with E-state index in [0.717, 1.165) is 0 Å². The summed E-state index contributed by atoms with van der Waals surface area (Å²) in [6, 6.07) is 0.712. The summed E-state index contributed by atoms with van der Waals surface area (Å²) in [6.45, 7) is 4.49. The van der Waals surface area contributed by atoms with Crippen molar-refractivity contribution in [1.29, 1.82) is 0 Å². The van der Waals surface area contributed by atoms with Crippen molar-refractivity contribution in [3.63, 3.8) is 0 Å². The van der Waals surface area contributed by atoms with Crippen LogP contribution in [0.3, 0.4) is 0 Å². The highest BCUT2D eigenvalue weighted by atomic mass is 33.1. The van der Waals surface area contributed by atoms with Crippen molar-refractivity contribution in [2.24, 2.45) is 0 Å². The maximum Gasteiger partial charge on any atom is 0.0287 e. The number of hydrogen-bond acceptors (Lipinski definition) is 5. The third kappa shape index (κ3) is 10.5. The smallest absolute Gasteiger partial charge is 0.0287 e. The highest BCUT2D eigenvalue weighted by Crippen LogP contribution is 2.28. The van der Waals surface area contributed by atoms with Gasteiger partial charge in [0.15, 0.2) is 0 Å². The first-order chi connectivity index (χ1) is 7.72. The molecule has 0 radical (unpaired) electrons. The highest BCUT2D eigenvalue weighted by molar-refractivity contribution is 8.77. The van der Waals surface area contributed by atoms with Crippen LogP contribution in [-0.4, -0.2) is 48.0 Å². The molecule has 0 amide bonds. The quantitative estimate of drug-likeness (QED) is 0.407. The predicted molar refractivity (Wildman–Crippen MR) is 87.9 cm³/mol. The van der Waals surface area contributed by atoms with Crippen molar-refractivity contribution >= 4 is 43.2 Å².